The summed E-state index contributed by atoms with van der Waals surface area (Å²) < 4.78 is 11.9. The zero-order chi connectivity index (χ0) is 43.5. The lowest BCUT2D eigenvalue weighted by atomic mass is 9.63. The molecule has 0 unspecified atom stereocenters. The van der Waals surface area contributed by atoms with E-state index < -0.39 is 0 Å². The summed E-state index contributed by atoms with van der Waals surface area (Å²) in [5.74, 6) is 0. The maximum absolute atomic E-state index is 6.60. The minimum absolute atomic E-state index is 0.0200. The van der Waals surface area contributed by atoms with Crippen molar-refractivity contribution in [3.8, 4) is 16.8 Å². The molecular weight excluding hydrogens is 798 g/mol. The standard InChI is InChI=1S/C58H48BN3OS/c1-57(2,3)35-21-24-37(25-22-35)60-48-29-26-40(61(38-15-9-7-10-16-38)39-17-11-8-12-18-39)32-44(48)42-27-28-43-45-33-46-41-19-13-14-20-50(41)63-51(46)34-49(45)62-54(43)53(42)59-56-55(62)47-31-36(58(4,5)6)23-30-52(47)64-56/h7-34,59-60H,1-6H3. The lowest BCUT2D eigenvalue weighted by Crippen LogP contribution is -2.35. The third-order valence-electron chi connectivity index (χ3n) is 13.3. The Kier molecular flexibility index (Phi) is 8.60. The van der Waals surface area contributed by atoms with Crippen LogP contribution in [0, 0.1) is 0 Å². The van der Waals surface area contributed by atoms with E-state index in [4.69, 9.17) is 4.42 Å². The maximum atomic E-state index is 6.60. The smallest absolute Gasteiger partial charge is 0.211 e. The van der Waals surface area contributed by atoms with Gasteiger partial charge >= 0.3 is 0 Å². The largest absolute Gasteiger partial charge is 0.456 e. The van der Waals surface area contributed by atoms with Crippen LogP contribution in [-0.2, 0) is 10.8 Å². The first-order valence-corrected chi connectivity index (χ1v) is 23.2. The summed E-state index contributed by atoms with van der Waals surface area (Å²) in [5, 5.41) is 10.0. The van der Waals surface area contributed by atoms with Crippen molar-refractivity contribution in [2.24, 2.45) is 0 Å². The number of thiophene rings is 1. The number of para-hydroxylation sites is 3. The average Bonchev–Trinajstić information content (AvgIpc) is 3.96. The number of aromatic nitrogens is 1. The van der Waals surface area contributed by atoms with Crippen molar-refractivity contribution in [1.82, 2.24) is 4.57 Å². The first kappa shape index (κ1) is 38.6. The highest BCUT2D eigenvalue weighted by Crippen LogP contribution is 2.45. The quantitative estimate of drug-likeness (QED) is 0.169. The van der Waals surface area contributed by atoms with Gasteiger partial charge in [-0.15, -0.1) is 11.3 Å². The minimum atomic E-state index is 0.0200. The molecular formula is C58H48BN3OS. The van der Waals surface area contributed by atoms with E-state index in [1.54, 1.807) is 0 Å². The van der Waals surface area contributed by atoms with Crippen molar-refractivity contribution < 1.29 is 4.42 Å². The van der Waals surface area contributed by atoms with Crippen LogP contribution < -0.4 is 20.5 Å². The number of furan rings is 1. The first-order chi connectivity index (χ1) is 31.0. The van der Waals surface area contributed by atoms with E-state index in [0.29, 0.717) is 0 Å². The number of rotatable bonds is 6. The highest BCUT2D eigenvalue weighted by molar-refractivity contribution is 7.29. The molecule has 0 radical (unpaired) electrons. The molecule has 8 aromatic carbocycles. The summed E-state index contributed by atoms with van der Waals surface area (Å²) in [6.45, 7) is 13.7. The Hall–Kier alpha value is -7.02. The number of benzene rings is 8. The number of hydrogen-bond donors (Lipinski definition) is 1. The molecule has 12 rings (SSSR count). The van der Waals surface area contributed by atoms with Gasteiger partial charge in [0.05, 0.1) is 11.2 Å². The highest BCUT2D eigenvalue weighted by Gasteiger charge is 2.31. The monoisotopic (exact) mass is 845 g/mol. The predicted molar refractivity (Wildman–Crippen MR) is 277 cm³/mol. The summed E-state index contributed by atoms with van der Waals surface area (Å²) >= 11 is 1.93. The van der Waals surface area contributed by atoms with E-state index in [2.05, 4.69) is 226 Å². The van der Waals surface area contributed by atoms with Crippen molar-refractivity contribution in [3.63, 3.8) is 0 Å². The molecule has 0 saturated heterocycles. The molecule has 0 fully saturated rings. The van der Waals surface area contributed by atoms with E-state index in [0.717, 1.165) is 63.2 Å². The van der Waals surface area contributed by atoms with Crippen molar-refractivity contribution in [2.75, 3.05) is 10.2 Å². The SMILES string of the molecule is CC(C)(C)c1ccc(Nc2ccc(N(c3ccccc3)c3ccccc3)cc2-c2ccc3c4cc5c(cc4n4c3c2Bc2sc3ccc(C(C)(C)C)cc3c2-4)oc2ccccc25)cc1. The molecule has 0 saturated carbocycles. The Labute approximate surface area is 378 Å². The molecule has 310 valence electrons. The number of fused-ring (bicyclic) bond motifs is 10. The van der Waals surface area contributed by atoms with E-state index >= 15 is 0 Å². The molecule has 0 atom stereocenters. The Bertz CT molecular complexity index is 3580. The Morgan fingerprint density at radius 1 is 0.531 bits per heavy atom. The number of hydrogen-bond acceptors (Lipinski definition) is 4. The maximum Gasteiger partial charge on any atom is 0.211 e. The van der Waals surface area contributed by atoms with Gasteiger partial charge in [-0.1, -0.05) is 126 Å². The van der Waals surface area contributed by atoms with Crippen LogP contribution >= 0.6 is 11.3 Å². The third kappa shape index (κ3) is 6.18. The molecule has 0 bridgehead atoms. The number of nitrogens with zero attached hydrogens (tertiary/aromatic N) is 2. The summed E-state index contributed by atoms with van der Waals surface area (Å²) in [6.07, 6.45) is 0. The molecule has 1 aliphatic rings. The van der Waals surface area contributed by atoms with Gasteiger partial charge in [0, 0.05) is 77.2 Å². The van der Waals surface area contributed by atoms with E-state index in [1.165, 1.54) is 64.5 Å². The van der Waals surface area contributed by atoms with Crippen molar-refractivity contribution >= 4 is 111 Å². The van der Waals surface area contributed by atoms with Gasteiger partial charge in [-0.2, -0.15) is 0 Å². The first-order valence-electron chi connectivity index (χ1n) is 22.4. The highest BCUT2D eigenvalue weighted by atomic mass is 32.1. The molecule has 3 aromatic heterocycles. The molecule has 11 aromatic rings. The van der Waals surface area contributed by atoms with Gasteiger partial charge in [0.25, 0.3) is 0 Å². The Morgan fingerprint density at radius 2 is 1.22 bits per heavy atom. The fraction of sp³-hybridized carbons (Fsp3) is 0.138. The molecule has 1 aliphatic heterocycles. The molecule has 0 amide bonds. The van der Waals surface area contributed by atoms with E-state index in [9.17, 15) is 0 Å². The predicted octanol–water partition coefficient (Wildman–Crippen LogP) is 15.1. The van der Waals surface area contributed by atoms with Crippen LogP contribution in [-0.4, -0.2) is 11.8 Å². The normalized spacial score (nSPS) is 12.7. The molecule has 1 N–H and O–H groups in total. The van der Waals surface area contributed by atoms with Crippen LogP contribution in [0.2, 0.25) is 0 Å². The zero-order valence-corrected chi connectivity index (χ0v) is 37.9. The van der Waals surface area contributed by atoms with Crippen molar-refractivity contribution in [3.05, 3.63) is 181 Å². The summed E-state index contributed by atoms with van der Waals surface area (Å²) in [4.78, 5) is 2.36. The Balaban J connectivity index is 1.14. The average molecular weight is 846 g/mol. The summed E-state index contributed by atoms with van der Waals surface area (Å²) in [5.41, 5.74) is 17.5. The van der Waals surface area contributed by atoms with Gasteiger partial charge in [-0.25, -0.2) is 0 Å². The second kappa shape index (κ2) is 14.3. The minimum Gasteiger partial charge on any atom is -0.456 e. The van der Waals surface area contributed by atoms with Gasteiger partial charge in [0.15, 0.2) is 0 Å². The second-order valence-electron chi connectivity index (χ2n) is 19.5. The lowest BCUT2D eigenvalue weighted by Gasteiger charge is -2.27. The van der Waals surface area contributed by atoms with Gasteiger partial charge in [0.2, 0.25) is 7.28 Å². The fourth-order valence-corrected chi connectivity index (χ4v) is 11.2. The van der Waals surface area contributed by atoms with Gasteiger partial charge in [0.1, 0.15) is 11.2 Å². The fourth-order valence-electron chi connectivity index (χ4n) is 10.00. The van der Waals surface area contributed by atoms with Crippen molar-refractivity contribution in [1.29, 1.82) is 0 Å². The van der Waals surface area contributed by atoms with Gasteiger partial charge in [-0.3, -0.25) is 0 Å². The zero-order valence-electron chi connectivity index (χ0n) is 37.1. The number of anilines is 5. The summed E-state index contributed by atoms with van der Waals surface area (Å²) in [7, 11) is 0.826. The lowest BCUT2D eigenvalue weighted by molar-refractivity contribution is 0.590. The number of nitrogens with one attached hydrogen (secondary N) is 1. The van der Waals surface area contributed by atoms with Crippen LogP contribution in [0.3, 0.4) is 0 Å². The second-order valence-corrected chi connectivity index (χ2v) is 20.6. The molecule has 6 heteroatoms. The van der Waals surface area contributed by atoms with Crippen LogP contribution in [0.4, 0.5) is 28.4 Å². The van der Waals surface area contributed by atoms with Crippen LogP contribution in [0.15, 0.2) is 174 Å². The molecule has 4 heterocycles. The van der Waals surface area contributed by atoms with Crippen LogP contribution in [0.5, 0.6) is 0 Å². The van der Waals surface area contributed by atoms with Gasteiger partial charge < -0.3 is 19.2 Å². The molecule has 0 aliphatic carbocycles. The molecule has 4 nitrogen and oxygen atoms in total. The topological polar surface area (TPSA) is 33.3 Å². The van der Waals surface area contributed by atoms with E-state index in [1.807, 2.05) is 11.3 Å². The Morgan fingerprint density at radius 3 is 1.94 bits per heavy atom. The van der Waals surface area contributed by atoms with E-state index in [-0.39, 0.29) is 10.8 Å². The van der Waals surface area contributed by atoms with Crippen molar-refractivity contribution in [2.45, 2.75) is 52.4 Å². The molecule has 0 spiro atoms. The van der Waals surface area contributed by atoms with Crippen LogP contribution in [0.1, 0.15) is 52.7 Å². The molecule has 64 heavy (non-hydrogen) atoms. The van der Waals surface area contributed by atoms with Crippen LogP contribution in [0.25, 0.3) is 70.6 Å². The van der Waals surface area contributed by atoms with Gasteiger partial charge in [-0.05, 0) is 117 Å². The third-order valence-corrected chi connectivity index (χ3v) is 14.5. The summed E-state index contributed by atoms with van der Waals surface area (Å²) in [6, 6.07) is 62.3.